The molecule has 0 aliphatic carbocycles. The van der Waals surface area contributed by atoms with Crippen LogP contribution in [0, 0.1) is 5.41 Å². The standard InChI is InChI=1S/C22H36FN/c1-7-22(6,14-17-24-15-12-20(2,3)13-16-24)19-10-8-18(9-11-19)21(4,5)23/h8-11H,7,12-17H2,1-6H3. The van der Waals surface area contributed by atoms with E-state index in [9.17, 15) is 4.39 Å². The van der Waals surface area contributed by atoms with Gasteiger partial charge in [-0.1, -0.05) is 52.0 Å². The number of nitrogens with zero attached hydrogens (tertiary/aromatic N) is 1. The summed E-state index contributed by atoms with van der Waals surface area (Å²) in [5.74, 6) is 0. The second-order valence-electron chi connectivity index (χ2n) is 9.22. The third-order valence-electron chi connectivity index (χ3n) is 6.24. The fraction of sp³-hybridized carbons (Fsp3) is 0.727. The molecule has 0 radical (unpaired) electrons. The first-order valence-electron chi connectivity index (χ1n) is 9.58. The molecule has 1 heterocycles. The predicted molar refractivity (Wildman–Crippen MR) is 102 cm³/mol. The van der Waals surface area contributed by atoms with Crippen LogP contribution in [-0.4, -0.2) is 24.5 Å². The molecule has 1 aromatic carbocycles. The molecule has 136 valence electrons. The van der Waals surface area contributed by atoms with E-state index < -0.39 is 5.67 Å². The maximum absolute atomic E-state index is 14.1. The lowest BCUT2D eigenvalue weighted by Gasteiger charge is -2.39. The van der Waals surface area contributed by atoms with Crippen LogP contribution in [0.3, 0.4) is 0 Å². The van der Waals surface area contributed by atoms with Gasteiger partial charge in [-0.25, -0.2) is 4.39 Å². The van der Waals surface area contributed by atoms with Gasteiger partial charge in [0.1, 0.15) is 5.67 Å². The molecule has 0 aromatic heterocycles. The van der Waals surface area contributed by atoms with Crippen LogP contribution >= 0.6 is 0 Å². The predicted octanol–water partition coefficient (Wildman–Crippen LogP) is 6.07. The Labute approximate surface area is 148 Å². The van der Waals surface area contributed by atoms with E-state index in [4.69, 9.17) is 0 Å². The summed E-state index contributed by atoms with van der Waals surface area (Å²) in [6, 6.07) is 8.21. The van der Waals surface area contributed by atoms with Gasteiger partial charge in [-0.05, 0) is 81.1 Å². The minimum Gasteiger partial charge on any atom is -0.303 e. The van der Waals surface area contributed by atoms with Gasteiger partial charge in [-0.15, -0.1) is 0 Å². The summed E-state index contributed by atoms with van der Waals surface area (Å²) in [4.78, 5) is 2.62. The van der Waals surface area contributed by atoms with Crippen molar-refractivity contribution in [1.82, 2.24) is 4.90 Å². The second-order valence-corrected chi connectivity index (χ2v) is 9.22. The van der Waals surface area contributed by atoms with E-state index in [1.807, 2.05) is 12.1 Å². The van der Waals surface area contributed by atoms with E-state index in [1.54, 1.807) is 13.8 Å². The minimum absolute atomic E-state index is 0.173. The molecule has 1 atom stereocenters. The Morgan fingerprint density at radius 1 is 1.00 bits per heavy atom. The maximum Gasteiger partial charge on any atom is 0.130 e. The van der Waals surface area contributed by atoms with Crippen molar-refractivity contribution in [2.45, 2.75) is 78.3 Å². The maximum atomic E-state index is 14.1. The van der Waals surface area contributed by atoms with Crippen LogP contribution in [0.2, 0.25) is 0 Å². The van der Waals surface area contributed by atoms with Crippen molar-refractivity contribution < 1.29 is 4.39 Å². The zero-order valence-electron chi connectivity index (χ0n) is 16.6. The fourth-order valence-electron chi connectivity index (χ4n) is 3.58. The lowest BCUT2D eigenvalue weighted by atomic mass is 9.76. The normalized spacial score (nSPS) is 21.5. The molecule has 1 unspecified atom stereocenters. The Bertz CT molecular complexity index is 516. The Kier molecular flexibility index (Phi) is 5.79. The first-order chi connectivity index (χ1) is 11.1. The van der Waals surface area contributed by atoms with Crippen LogP contribution in [0.15, 0.2) is 24.3 Å². The largest absolute Gasteiger partial charge is 0.303 e. The summed E-state index contributed by atoms with van der Waals surface area (Å²) in [6.45, 7) is 16.3. The highest BCUT2D eigenvalue weighted by Crippen LogP contribution is 2.35. The van der Waals surface area contributed by atoms with Gasteiger partial charge in [0.05, 0.1) is 0 Å². The second kappa shape index (κ2) is 7.15. The van der Waals surface area contributed by atoms with Crippen LogP contribution in [0.25, 0.3) is 0 Å². The minimum atomic E-state index is -1.26. The molecule has 1 nitrogen and oxygen atoms in total. The first-order valence-corrected chi connectivity index (χ1v) is 9.58. The summed E-state index contributed by atoms with van der Waals surface area (Å²) in [5, 5.41) is 0. The Morgan fingerprint density at radius 2 is 1.50 bits per heavy atom. The zero-order chi connectivity index (χ0) is 18.0. The Morgan fingerprint density at radius 3 is 1.96 bits per heavy atom. The number of likely N-dealkylation sites (tertiary alicyclic amines) is 1. The highest BCUT2D eigenvalue weighted by atomic mass is 19.1. The van der Waals surface area contributed by atoms with E-state index in [-0.39, 0.29) is 5.41 Å². The summed E-state index contributed by atoms with van der Waals surface area (Å²) >= 11 is 0. The van der Waals surface area contributed by atoms with Crippen molar-refractivity contribution in [3.63, 3.8) is 0 Å². The summed E-state index contributed by atoms with van der Waals surface area (Å²) < 4.78 is 14.1. The lowest BCUT2D eigenvalue weighted by Crippen LogP contribution is -2.39. The monoisotopic (exact) mass is 333 g/mol. The van der Waals surface area contributed by atoms with Gasteiger partial charge in [-0.2, -0.15) is 0 Å². The van der Waals surface area contributed by atoms with Crippen LogP contribution in [-0.2, 0) is 11.1 Å². The van der Waals surface area contributed by atoms with Crippen molar-refractivity contribution in [2.24, 2.45) is 5.41 Å². The van der Waals surface area contributed by atoms with Crippen molar-refractivity contribution in [3.05, 3.63) is 35.4 Å². The van der Waals surface area contributed by atoms with Crippen LogP contribution in [0.1, 0.15) is 78.4 Å². The number of piperidine rings is 1. The van der Waals surface area contributed by atoms with Gasteiger partial charge in [0.15, 0.2) is 0 Å². The number of rotatable bonds is 6. The van der Waals surface area contributed by atoms with Gasteiger partial charge in [0, 0.05) is 0 Å². The summed E-state index contributed by atoms with van der Waals surface area (Å²) in [6.07, 6.45) is 4.89. The number of alkyl halides is 1. The molecule has 2 rings (SSSR count). The van der Waals surface area contributed by atoms with Crippen molar-refractivity contribution in [2.75, 3.05) is 19.6 Å². The van der Waals surface area contributed by atoms with E-state index >= 15 is 0 Å². The molecule has 1 saturated heterocycles. The molecule has 24 heavy (non-hydrogen) atoms. The SMILES string of the molecule is CCC(C)(CCN1CCC(C)(C)CC1)c1ccc(C(C)(C)F)cc1. The number of benzene rings is 1. The van der Waals surface area contributed by atoms with Crippen LogP contribution in [0.4, 0.5) is 4.39 Å². The van der Waals surface area contributed by atoms with Gasteiger partial charge in [0.2, 0.25) is 0 Å². The third-order valence-corrected chi connectivity index (χ3v) is 6.24. The van der Waals surface area contributed by atoms with Crippen LogP contribution in [0.5, 0.6) is 0 Å². The molecule has 1 aliphatic heterocycles. The van der Waals surface area contributed by atoms with Crippen molar-refractivity contribution in [1.29, 1.82) is 0 Å². The number of halogens is 1. The highest BCUT2D eigenvalue weighted by molar-refractivity contribution is 5.31. The topological polar surface area (TPSA) is 3.24 Å². The average Bonchev–Trinajstić information content (AvgIpc) is 2.53. The summed E-state index contributed by atoms with van der Waals surface area (Å²) in [5.41, 5.74) is 1.53. The molecular weight excluding hydrogens is 297 g/mol. The Balaban J connectivity index is 2.00. The quantitative estimate of drug-likeness (QED) is 0.610. The molecule has 0 saturated carbocycles. The Hall–Kier alpha value is -0.890. The smallest absolute Gasteiger partial charge is 0.130 e. The van der Waals surface area contributed by atoms with Crippen molar-refractivity contribution in [3.8, 4) is 0 Å². The summed E-state index contributed by atoms with van der Waals surface area (Å²) in [7, 11) is 0. The average molecular weight is 334 g/mol. The van der Waals surface area contributed by atoms with E-state index in [0.29, 0.717) is 5.41 Å². The van der Waals surface area contributed by atoms with Gasteiger partial charge < -0.3 is 4.90 Å². The molecule has 0 spiro atoms. The van der Waals surface area contributed by atoms with Crippen LogP contribution < -0.4 is 0 Å². The molecule has 1 aromatic rings. The molecule has 0 amide bonds. The molecule has 2 heteroatoms. The first kappa shape index (κ1) is 19.4. The molecule has 1 aliphatic rings. The molecular formula is C22H36FN. The van der Waals surface area contributed by atoms with E-state index in [0.717, 1.165) is 18.5 Å². The van der Waals surface area contributed by atoms with Gasteiger partial charge >= 0.3 is 0 Å². The van der Waals surface area contributed by atoms with Crippen molar-refractivity contribution >= 4 is 0 Å². The number of hydrogen-bond donors (Lipinski definition) is 0. The fourth-order valence-corrected chi connectivity index (χ4v) is 3.58. The zero-order valence-corrected chi connectivity index (χ0v) is 16.6. The molecule has 0 N–H and O–H groups in total. The third kappa shape index (κ3) is 4.81. The molecule has 1 fully saturated rings. The molecule has 0 bridgehead atoms. The van der Waals surface area contributed by atoms with Gasteiger partial charge in [0.25, 0.3) is 0 Å². The van der Waals surface area contributed by atoms with E-state index in [1.165, 1.54) is 37.9 Å². The van der Waals surface area contributed by atoms with E-state index in [2.05, 4.69) is 44.7 Å². The number of hydrogen-bond acceptors (Lipinski definition) is 1. The van der Waals surface area contributed by atoms with Gasteiger partial charge in [-0.3, -0.25) is 0 Å². The highest BCUT2D eigenvalue weighted by Gasteiger charge is 2.29. The lowest BCUT2D eigenvalue weighted by molar-refractivity contribution is 0.124.